The number of fused-ring (bicyclic) bond motifs is 1. The Hall–Kier alpha value is -2.29. The Morgan fingerprint density at radius 3 is 2.20 bits per heavy atom. The summed E-state index contributed by atoms with van der Waals surface area (Å²) in [5.74, 6) is -2.94. The van der Waals surface area contributed by atoms with E-state index in [1.54, 1.807) is 32.9 Å². The van der Waals surface area contributed by atoms with Crippen LogP contribution in [0.5, 0.6) is 0 Å². The van der Waals surface area contributed by atoms with Crippen LogP contribution < -0.4 is 0 Å². The second kappa shape index (κ2) is 14.9. The number of ether oxygens (including phenoxy) is 2. The number of carbonyl (C=O) groups excluding carboxylic acids is 3. The summed E-state index contributed by atoms with van der Waals surface area (Å²) >= 11 is 0. The van der Waals surface area contributed by atoms with Crippen molar-refractivity contribution in [2.24, 2.45) is 22.7 Å². The van der Waals surface area contributed by atoms with E-state index in [9.17, 15) is 29.7 Å². The van der Waals surface area contributed by atoms with Gasteiger partial charge >= 0.3 is 11.9 Å². The van der Waals surface area contributed by atoms with Crippen LogP contribution in [0.3, 0.4) is 0 Å². The molecule has 0 aromatic carbocycles. The van der Waals surface area contributed by atoms with Crippen LogP contribution in [-0.4, -0.2) is 63.6 Å². The molecule has 0 amide bonds. The van der Waals surface area contributed by atoms with Gasteiger partial charge in [-0.2, -0.15) is 0 Å². The average Bonchev–Trinajstić information content (AvgIpc) is 3.13. The van der Waals surface area contributed by atoms with E-state index < -0.39 is 64.9 Å². The number of aliphatic hydroxyl groups excluding tert-OH is 2. The third-order valence-electron chi connectivity index (χ3n) is 10.4. The van der Waals surface area contributed by atoms with Crippen LogP contribution in [0.25, 0.3) is 0 Å². The van der Waals surface area contributed by atoms with Crippen molar-refractivity contribution in [1.82, 2.24) is 0 Å². The second-order valence-electron chi connectivity index (χ2n) is 14.1. The summed E-state index contributed by atoms with van der Waals surface area (Å²) < 4.78 is 11.6. The van der Waals surface area contributed by atoms with Gasteiger partial charge in [-0.1, -0.05) is 97.3 Å². The van der Waals surface area contributed by atoms with Gasteiger partial charge in [0, 0.05) is 17.4 Å². The largest absolute Gasteiger partial charge is 0.461 e. The zero-order valence-corrected chi connectivity index (χ0v) is 28.0. The lowest BCUT2D eigenvalue weighted by Gasteiger charge is -2.48. The van der Waals surface area contributed by atoms with Crippen molar-refractivity contribution in [1.29, 1.82) is 0 Å². The van der Waals surface area contributed by atoms with E-state index in [-0.39, 0.29) is 18.0 Å². The van der Waals surface area contributed by atoms with Crippen molar-refractivity contribution in [2.45, 2.75) is 143 Å². The molecule has 8 nitrogen and oxygen atoms in total. The molecule has 248 valence electrons. The number of Topliss-reactive ketones (excluding diaryl/α,β-unsaturated/α-hetero) is 1. The van der Waals surface area contributed by atoms with E-state index in [1.807, 2.05) is 20.8 Å². The number of unbranched alkanes of at least 4 members (excludes halogenated alkanes) is 8. The Morgan fingerprint density at radius 2 is 1.61 bits per heavy atom. The van der Waals surface area contributed by atoms with Crippen molar-refractivity contribution in [2.75, 3.05) is 6.61 Å². The van der Waals surface area contributed by atoms with Crippen molar-refractivity contribution in [3.8, 4) is 0 Å². The molecule has 8 heteroatoms. The van der Waals surface area contributed by atoms with Crippen LogP contribution in [0.15, 0.2) is 34.9 Å². The van der Waals surface area contributed by atoms with E-state index in [1.165, 1.54) is 38.2 Å². The summed E-state index contributed by atoms with van der Waals surface area (Å²) in [4.78, 5) is 40.4. The Morgan fingerprint density at radius 1 is 1.02 bits per heavy atom. The molecule has 1 saturated carbocycles. The fourth-order valence-electron chi connectivity index (χ4n) is 7.81. The van der Waals surface area contributed by atoms with Gasteiger partial charge in [0.2, 0.25) is 0 Å². The standard InChI is InChI=1S/C36H56O8/c1-8-10-11-12-13-14-15-16-17-18-28(37)44-32-27-19-26(22-43-33(41)23(3)9-2)30(39)36(42)29(38)24(4)20-35(36,31(27)40)25(5)21-34(32,6)7/h9,19-20,25,27,29-30,32,38-39,42H,8,10-18,21-22H2,1-7H3/b23-9-/t25-,27-,29+,30-,32-,35+,36-/m1/s1. The van der Waals surface area contributed by atoms with Crippen molar-refractivity contribution < 1.29 is 39.2 Å². The van der Waals surface area contributed by atoms with Gasteiger partial charge in [0.05, 0.1) is 11.3 Å². The SMILES string of the molecule is C/C=C(/C)C(=O)OCC1=C[C@@H]2C(=O)[C@]3(C=C(C)[C@H](O)[C@@]3(O)[C@@H]1O)[C@H](C)CC(C)(C)[C@@H]2OC(=O)CCCCCCCCCCC. The molecular weight excluding hydrogens is 560 g/mol. The number of allylic oxidation sites excluding steroid dienone is 1. The van der Waals surface area contributed by atoms with E-state index in [4.69, 9.17) is 9.47 Å². The lowest BCUT2D eigenvalue weighted by atomic mass is 9.59. The van der Waals surface area contributed by atoms with Gasteiger partial charge in [-0.15, -0.1) is 0 Å². The molecule has 0 radical (unpaired) electrons. The van der Waals surface area contributed by atoms with Gasteiger partial charge in [0.1, 0.15) is 30.5 Å². The van der Waals surface area contributed by atoms with Crippen LogP contribution in [0.2, 0.25) is 0 Å². The Kier molecular flexibility index (Phi) is 12.2. The molecule has 3 N–H and O–H groups in total. The predicted octanol–water partition coefficient (Wildman–Crippen LogP) is 5.92. The highest BCUT2D eigenvalue weighted by Gasteiger charge is 2.72. The van der Waals surface area contributed by atoms with Gasteiger partial charge in [0.15, 0.2) is 5.78 Å². The molecule has 0 aromatic heterocycles. The fraction of sp³-hybridized carbons (Fsp3) is 0.750. The third kappa shape index (κ3) is 6.92. The number of carbonyl (C=O) groups is 3. The molecule has 44 heavy (non-hydrogen) atoms. The van der Waals surface area contributed by atoms with Crippen LogP contribution in [0.1, 0.15) is 119 Å². The number of hydrogen-bond acceptors (Lipinski definition) is 8. The first-order chi connectivity index (χ1) is 20.7. The van der Waals surface area contributed by atoms with Crippen molar-refractivity contribution in [3.63, 3.8) is 0 Å². The summed E-state index contributed by atoms with van der Waals surface area (Å²) in [5, 5.41) is 35.3. The van der Waals surface area contributed by atoms with Crippen molar-refractivity contribution >= 4 is 17.7 Å². The molecule has 3 aliphatic rings. The van der Waals surface area contributed by atoms with Gasteiger partial charge in [-0.25, -0.2) is 4.79 Å². The topological polar surface area (TPSA) is 130 Å². The molecule has 3 rings (SSSR count). The zero-order valence-electron chi connectivity index (χ0n) is 28.0. The minimum absolute atomic E-state index is 0.0945. The summed E-state index contributed by atoms with van der Waals surface area (Å²) in [7, 11) is 0. The van der Waals surface area contributed by atoms with Crippen LogP contribution >= 0.6 is 0 Å². The summed E-state index contributed by atoms with van der Waals surface area (Å²) in [6.45, 7) is 12.5. The Bertz CT molecular complexity index is 1150. The molecule has 0 aromatic rings. The lowest BCUT2D eigenvalue weighted by Crippen LogP contribution is -2.65. The molecule has 0 unspecified atom stereocenters. The quantitative estimate of drug-likeness (QED) is 0.0949. The molecular formula is C36H56O8. The molecule has 2 bridgehead atoms. The highest BCUT2D eigenvalue weighted by molar-refractivity contribution is 5.95. The molecule has 0 heterocycles. The van der Waals surface area contributed by atoms with E-state index >= 15 is 0 Å². The number of esters is 2. The number of hydrogen-bond donors (Lipinski definition) is 3. The maximum Gasteiger partial charge on any atom is 0.333 e. The lowest BCUT2D eigenvalue weighted by molar-refractivity contribution is -0.190. The molecule has 1 fully saturated rings. The van der Waals surface area contributed by atoms with Crippen molar-refractivity contribution in [3.05, 3.63) is 34.9 Å². The maximum absolute atomic E-state index is 14.7. The fourth-order valence-corrected chi connectivity index (χ4v) is 7.81. The number of rotatable bonds is 14. The summed E-state index contributed by atoms with van der Waals surface area (Å²) in [6.07, 6.45) is 11.3. The molecule has 7 atom stereocenters. The molecule has 0 saturated heterocycles. The number of ketones is 1. The van der Waals surface area contributed by atoms with Crippen LogP contribution in [0.4, 0.5) is 0 Å². The average molecular weight is 617 g/mol. The van der Waals surface area contributed by atoms with E-state index in [2.05, 4.69) is 6.92 Å². The molecule has 1 spiro atoms. The smallest absolute Gasteiger partial charge is 0.333 e. The van der Waals surface area contributed by atoms with Crippen LogP contribution in [-0.2, 0) is 23.9 Å². The Balaban J connectivity index is 1.89. The first kappa shape index (κ1) is 36.2. The minimum Gasteiger partial charge on any atom is -0.461 e. The predicted molar refractivity (Wildman–Crippen MR) is 169 cm³/mol. The summed E-state index contributed by atoms with van der Waals surface area (Å²) in [6, 6.07) is 0. The van der Waals surface area contributed by atoms with Gasteiger partial charge in [0.25, 0.3) is 0 Å². The van der Waals surface area contributed by atoms with E-state index in [0.717, 1.165) is 19.3 Å². The minimum atomic E-state index is -2.29. The second-order valence-corrected chi connectivity index (χ2v) is 14.1. The van der Waals surface area contributed by atoms with Gasteiger partial charge in [-0.05, 0) is 50.7 Å². The maximum atomic E-state index is 14.7. The van der Waals surface area contributed by atoms with Gasteiger partial charge < -0.3 is 24.8 Å². The highest BCUT2D eigenvalue weighted by atomic mass is 16.5. The monoisotopic (exact) mass is 616 g/mol. The Labute approximate surface area is 264 Å². The van der Waals surface area contributed by atoms with Crippen LogP contribution in [0, 0.1) is 22.7 Å². The first-order valence-corrected chi connectivity index (χ1v) is 16.7. The zero-order chi connectivity index (χ0) is 32.9. The third-order valence-corrected chi connectivity index (χ3v) is 10.4. The first-order valence-electron chi connectivity index (χ1n) is 16.7. The normalized spacial score (nSPS) is 33.1. The summed E-state index contributed by atoms with van der Waals surface area (Å²) in [5.41, 5.74) is -3.77. The number of aliphatic hydroxyl groups is 3. The highest BCUT2D eigenvalue weighted by Crippen LogP contribution is 2.61. The molecule has 0 aliphatic heterocycles. The van der Waals surface area contributed by atoms with Gasteiger partial charge in [-0.3, -0.25) is 9.59 Å². The van der Waals surface area contributed by atoms with E-state index in [0.29, 0.717) is 24.0 Å². The molecule has 3 aliphatic carbocycles.